The van der Waals surface area contributed by atoms with Gasteiger partial charge < -0.3 is 9.26 Å². The fourth-order valence-corrected chi connectivity index (χ4v) is 4.32. The number of hydrogen-bond acceptors (Lipinski definition) is 4. The van der Waals surface area contributed by atoms with Crippen LogP contribution in [0.15, 0.2) is 30.3 Å². The molecule has 3 atom stereocenters. The van der Waals surface area contributed by atoms with E-state index in [0.29, 0.717) is 0 Å². The fourth-order valence-electron chi connectivity index (χ4n) is 3.65. The molecule has 134 valence electrons. The van der Waals surface area contributed by atoms with Gasteiger partial charge in [-0.15, -0.1) is 0 Å². The van der Waals surface area contributed by atoms with Crippen LogP contribution >= 0.6 is 7.37 Å². The molecule has 0 bridgehead atoms. The third-order valence-electron chi connectivity index (χ3n) is 5.23. The first-order valence-electron chi connectivity index (χ1n) is 8.63. The molecule has 1 aliphatic rings. The highest BCUT2D eigenvalue weighted by Gasteiger charge is 2.40. The summed E-state index contributed by atoms with van der Waals surface area (Å²) in [5.74, 6) is -0.153. The van der Waals surface area contributed by atoms with Crippen LogP contribution in [0.4, 0.5) is 0 Å². The monoisotopic (exact) mass is 352 g/mol. The number of carbonyl (C=O) groups excluding carboxylic acids is 1. The summed E-state index contributed by atoms with van der Waals surface area (Å²) < 4.78 is 22.7. The Morgan fingerprint density at radius 2 is 1.83 bits per heavy atom. The minimum Gasteiger partial charge on any atom is -0.462 e. The summed E-state index contributed by atoms with van der Waals surface area (Å²) in [5, 5.41) is 0. The van der Waals surface area contributed by atoms with E-state index in [1.807, 2.05) is 18.2 Å². The van der Waals surface area contributed by atoms with Gasteiger partial charge in [0, 0.05) is 19.7 Å². The predicted octanol–water partition coefficient (Wildman–Crippen LogP) is 4.62. The normalized spacial score (nSPS) is 24.2. The molecule has 5 heteroatoms. The van der Waals surface area contributed by atoms with E-state index >= 15 is 0 Å². The van der Waals surface area contributed by atoms with Gasteiger partial charge in [-0.3, -0.25) is 9.36 Å². The Kier molecular flexibility index (Phi) is 6.28. The minimum atomic E-state index is -2.89. The summed E-state index contributed by atoms with van der Waals surface area (Å²) in [6, 6.07) is 10.4. The highest BCUT2D eigenvalue weighted by Crippen LogP contribution is 2.44. The van der Waals surface area contributed by atoms with Crippen LogP contribution in [-0.2, 0) is 24.0 Å². The van der Waals surface area contributed by atoms with E-state index in [0.717, 1.165) is 25.7 Å². The van der Waals surface area contributed by atoms with E-state index < -0.39 is 13.3 Å². The van der Waals surface area contributed by atoms with Crippen molar-refractivity contribution in [1.82, 2.24) is 0 Å². The molecule has 0 aliphatic heterocycles. The number of ether oxygens (including phenoxy) is 1. The lowest BCUT2D eigenvalue weighted by Gasteiger charge is -2.42. The summed E-state index contributed by atoms with van der Waals surface area (Å²) >= 11 is 0. The Hall–Kier alpha value is -1.12. The molecular weight excluding hydrogens is 323 g/mol. The van der Waals surface area contributed by atoms with Gasteiger partial charge in [0.1, 0.15) is 12.3 Å². The summed E-state index contributed by atoms with van der Waals surface area (Å²) in [6.45, 7) is 5.92. The maximum atomic E-state index is 12.2. The van der Waals surface area contributed by atoms with Gasteiger partial charge in [0.25, 0.3) is 0 Å². The van der Waals surface area contributed by atoms with Crippen molar-refractivity contribution in [3.63, 3.8) is 0 Å². The third kappa shape index (κ3) is 4.70. The molecule has 0 aromatic heterocycles. The molecule has 1 fully saturated rings. The van der Waals surface area contributed by atoms with Crippen LogP contribution in [0.2, 0.25) is 0 Å². The molecule has 2 rings (SSSR count). The van der Waals surface area contributed by atoms with Crippen molar-refractivity contribution < 1.29 is 18.6 Å². The van der Waals surface area contributed by atoms with Crippen molar-refractivity contribution in [2.45, 2.75) is 51.0 Å². The Morgan fingerprint density at radius 3 is 2.46 bits per heavy atom. The molecule has 0 N–H and O–H groups in total. The summed E-state index contributed by atoms with van der Waals surface area (Å²) in [7, 11) is -1.52. The molecule has 4 nitrogen and oxygen atoms in total. The van der Waals surface area contributed by atoms with Gasteiger partial charge in [-0.25, -0.2) is 0 Å². The standard InChI is InChI=1S/C19H29O4P/c1-19(2,15-10-6-5-7-11-15)16-12-8-9-13-17(16)23-18(20)14-24(4,21)22-3/h5-7,10-11,16-17H,8-9,12-14H2,1-4H3/t16-,17-,24?/m0/s1. The fraction of sp³-hybridized carbons (Fsp3) is 0.632. The van der Waals surface area contributed by atoms with E-state index in [4.69, 9.17) is 9.26 Å². The molecule has 0 spiro atoms. The number of esters is 1. The Bertz CT molecular complexity index is 597. The van der Waals surface area contributed by atoms with E-state index in [1.54, 1.807) is 0 Å². The second kappa shape index (κ2) is 7.84. The van der Waals surface area contributed by atoms with Gasteiger partial charge in [-0.2, -0.15) is 0 Å². The van der Waals surface area contributed by atoms with Crippen LogP contribution in [0.5, 0.6) is 0 Å². The van der Waals surface area contributed by atoms with E-state index in [-0.39, 0.29) is 23.6 Å². The van der Waals surface area contributed by atoms with Gasteiger partial charge in [0.05, 0.1) is 0 Å². The van der Waals surface area contributed by atoms with E-state index in [1.165, 1.54) is 19.3 Å². The van der Waals surface area contributed by atoms with Crippen molar-refractivity contribution in [2.75, 3.05) is 19.9 Å². The lowest BCUT2D eigenvalue weighted by Crippen LogP contribution is -2.42. The lowest BCUT2D eigenvalue weighted by atomic mass is 9.66. The average Bonchev–Trinajstić information content (AvgIpc) is 2.55. The number of carbonyl (C=O) groups is 1. The predicted molar refractivity (Wildman–Crippen MR) is 96.7 cm³/mol. The molecule has 1 aliphatic carbocycles. The molecule has 24 heavy (non-hydrogen) atoms. The van der Waals surface area contributed by atoms with Gasteiger partial charge in [-0.1, -0.05) is 50.6 Å². The number of rotatable bonds is 6. The van der Waals surface area contributed by atoms with Crippen molar-refractivity contribution in [2.24, 2.45) is 5.92 Å². The molecular formula is C19H29O4P. The lowest BCUT2D eigenvalue weighted by molar-refractivity contribution is -0.152. The smallest absolute Gasteiger partial charge is 0.315 e. The molecule has 1 saturated carbocycles. The zero-order chi connectivity index (χ0) is 17.8. The van der Waals surface area contributed by atoms with Crippen LogP contribution < -0.4 is 0 Å². The molecule has 0 radical (unpaired) electrons. The van der Waals surface area contributed by atoms with Crippen LogP contribution in [0.1, 0.15) is 45.1 Å². The van der Waals surface area contributed by atoms with Crippen LogP contribution in [0.3, 0.4) is 0 Å². The van der Waals surface area contributed by atoms with Crippen LogP contribution in [0, 0.1) is 5.92 Å². The zero-order valence-corrected chi connectivity index (χ0v) is 16.1. The number of benzene rings is 1. The van der Waals surface area contributed by atoms with Crippen molar-refractivity contribution in [3.8, 4) is 0 Å². The Balaban J connectivity index is 2.13. The SMILES string of the molecule is COP(C)(=O)CC(=O)O[C@H]1CCCC[C@@H]1C(C)(C)c1ccccc1. The quantitative estimate of drug-likeness (QED) is 0.554. The molecule has 0 heterocycles. The van der Waals surface area contributed by atoms with E-state index in [9.17, 15) is 9.36 Å². The minimum absolute atomic E-state index is 0.0796. The highest BCUT2D eigenvalue weighted by atomic mass is 31.2. The topological polar surface area (TPSA) is 52.6 Å². The summed E-state index contributed by atoms with van der Waals surface area (Å²) in [6.07, 6.45) is 3.84. The van der Waals surface area contributed by atoms with Crippen molar-refractivity contribution in [1.29, 1.82) is 0 Å². The Morgan fingerprint density at radius 1 is 1.21 bits per heavy atom. The van der Waals surface area contributed by atoms with Gasteiger partial charge in [-0.05, 0) is 30.2 Å². The molecule has 1 aromatic carbocycles. The zero-order valence-electron chi connectivity index (χ0n) is 15.2. The maximum Gasteiger partial charge on any atom is 0.315 e. The second-order valence-electron chi connectivity index (χ2n) is 7.36. The van der Waals surface area contributed by atoms with Gasteiger partial charge in [0.2, 0.25) is 7.37 Å². The van der Waals surface area contributed by atoms with Crippen LogP contribution in [0.25, 0.3) is 0 Å². The maximum absolute atomic E-state index is 12.2. The largest absolute Gasteiger partial charge is 0.462 e. The molecule has 0 saturated heterocycles. The first-order chi connectivity index (χ1) is 11.3. The third-order valence-corrected chi connectivity index (χ3v) is 6.84. The van der Waals surface area contributed by atoms with Crippen molar-refractivity contribution >= 4 is 13.3 Å². The highest BCUT2D eigenvalue weighted by molar-refractivity contribution is 7.59. The van der Waals surface area contributed by atoms with Gasteiger partial charge >= 0.3 is 5.97 Å². The van der Waals surface area contributed by atoms with Gasteiger partial charge in [0.15, 0.2) is 0 Å². The molecule has 0 amide bonds. The average molecular weight is 352 g/mol. The van der Waals surface area contributed by atoms with Crippen LogP contribution in [-0.4, -0.2) is 32.0 Å². The second-order valence-corrected chi connectivity index (χ2v) is 10.1. The molecule has 1 aromatic rings. The Labute approximate surface area is 145 Å². The molecule has 1 unspecified atom stereocenters. The van der Waals surface area contributed by atoms with E-state index in [2.05, 4.69) is 26.0 Å². The van der Waals surface area contributed by atoms with Crippen molar-refractivity contribution in [3.05, 3.63) is 35.9 Å². The summed E-state index contributed by atoms with van der Waals surface area (Å²) in [4.78, 5) is 12.2. The number of hydrogen-bond donors (Lipinski definition) is 0. The summed E-state index contributed by atoms with van der Waals surface area (Å²) in [5.41, 5.74) is 1.18. The first kappa shape index (κ1) is 19.2. The first-order valence-corrected chi connectivity index (χ1v) is 10.9.